The van der Waals surface area contributed by atoms with E-state index in [9.17, 15) is 19.8 Å². The Hall–Kier alpha value is -3.28. The molecule has 0 heterocycles. The van der Waals surface area contributed by atoms with Crippen LogP contribution in [0.4, 0.5) is 5.69 Å². The molecule has 0 radical (unpaired) electrons. The number of phenolic OH excluding ortho intramolecular Hbond substituents is 2. The number of hydrogen-bond acceptors (Lipinski definition) is 6. The first-order valence-electron chi connectivity index (χ1n) is 9.36. The van der Waals surface area contributed by atoms with Crippen LogP contribution in [-0.4, -0.2) is 28.4 Å². The number of carbonyl (C=O) groups is 2. The Morgan fingerprint density at radius 2 is 1.57 bits per heavy atom. The number of carbonyl (C=O) groups excluding carboxylic acids is 2. The normalized spacial score (nSPS) is 13.1. The van der Waals surface area contributed by atoms with Crippen molar-refractivity contribution in [2.75, 3.05) is 11.9 Å². The highest BCUT2D eigenvalue weighted by Crippen LogP contribution is 2.35. The molecule has 2 aromatic rings. The molecule has 0 unspecified atom stereocenters. The van der Waals surface area contributed by atoms with Crippen molar-refractivity contribution in [1.82, 2.24) is 0 Å². The van der Waals surface area contributed by atoms with Crippen molar-refractivity contribution in [2.24, 2.45) is 0 Å². The number of nitrogens with one attached hydrogen (secondary N) is 1. The van der Waals surface area contributed by atoms with Gasteiger partial charge in [-0.05, 0) is 42.8 Å². The summed E-state index contributed by atoms with van der Waals surface area (Å²) in [6.45, 7) is 2.82. The van der Waals surface area contributed by atoms with E-state index in [4.69, 9.17) is 4.74 Å². The Balaban J connectivity index is 1.68. The molecule has 0 aliphatic heterocycles. The van der Waals surface area contributed by atoms with Gasteiger partial charge in [0.25, 0.3) is 0 Å². The van der Waals surface area contributed by atoms with Gasteiger partial charge in [0.2, 0.25) is 5.78 Å². The highest BCUT2D eigenvalue weighted by atomic mass is 16.5. The summed E-state index contributed by atoms with van der Waals surface area (Å²) in [6, 6.07) is 9.45. The summed E-state index contributed by atoms with van der Waals surface area (Å²) >= 11 is 0. The first kappa shape index (κ1) is 19.5. The van der Waals surface area contributed by atoms with Gasteiger partial charge in [0.05, 0.1) is 23.4 Å². The third kappa shape index (κ3) is 4.17. The van der Waals surface area contributed by atoms with E-state index >= 15 is 0 Å². The molecule has 0 fully saturated rings. The van der Waals surface area contributed by atoms with Crippen molar-refractivity contribution >= 4 is 17.3 Å². The van der Waals surface area contributed by atoms with Gasteiger partial charge in [0.1, 0.15) is 17.2 Å². The molecule has 0 bridgehead atoms. The number of anilines is 1. The summed E-state index contributed by atoms with van der Waals surface area (Å²) < 4.78 is 5.69. The number of allylic oxidation sites excluding steroid dienone is 2. The van der Waals surface area contributed by atoms with Gasteiger partial charge in [-0.1, -0.05) is 26.2 Å². The molecule has 0 saturated carbocycles. The van der Waals surface area contributed by atoms with E-state index in [-0.39, 0.29) is 28.3 Å². The van der Waals surface area contributed by atoms with E-state index in [2.05, 4.69) is 12.2 Å². The Bertz CT molecular complexity index is 915. The Morgan fingerprint density at radius 1 is 0.893 bits per heavy atom. The topological polar surface area (TPSA) is 95.9 Å². The van der Waals surface area contributed by atoms with Crippen LogP contribution >= 0.6 is 0 Å². The van der Waals surface area contributed by atoms with Gasteiger partial charge < -0.3 is 20.3 Å². The molecule has 3 N–H and O–H groups in total. The SMILES string of the molecule is CCCCCCOc1ccc(NC2=CC(=O)c3c(O)ccc(O)c3C2=O)cc1. The minimum Gasteiger partial charge on any atom is -0.507 e. The second kappa shape index (κ2) is 8.61. The lowest BCUT2D eigenvalue weighted by Gasteiger charge is -2.18. The molecule has 28 heavy (non-hydrogen) atoms. The van der Waals surface area contributed by atoms with Crippen LogP contribution in [0.5, 0.6) is 17.2 Å². The fourth-order valence-electron chi connectivity index (χ4n) is 3.07. The lowest BCUT2D eigenvalue weighted by atomic mass is 9.91. The maximum Gasteiger partial charge on any atom is 0.213 e. The maximum absolute atomic E-state index is 12.7. The molecule has 6 nitrogen and oxygen atoms in total. The van der Waals surface area contributed by atoms with Gasteiger partial charge in [-0.15, -0.1) is 0 Å². The third-order valence-corrected chi connectivity index (χ3v) is 4.55. The zero-order valence-corrected chi connectivity index (χ0v) is 15.7. The predicted octanol–water partition coefficient (Wildman–Crippen LogP) is 4.43. The van der Waals surface area contributed by atoms with Crippen molar-refractivity contribution < 1.29 is 24.5 Å². The zero-order valence-electron chi connectivity index (χ0n) is 15.7. The molecule has 3 rings (SSSR count). The van der Waals surface area contributed by atoms with E-state index < -0.39 is 11.6 Å². The van der Waals surface area contributed by atoms with Crippen LogP contribution in [0.3, 0.4) is 0 Å². The molecule has 2 aromatic carbocycles. The van der Waals surface area contributed by atoms with E-state index in [1.165, 1.54) is 25.0 Å². The molecule has 1 aliphatic carbocycles. The first-order chi connectivity index (χ1) is 13.5. The number of hydrogen-bond donors (Lipinski definition) is 3. The summed E-state index contributed by atoms with van der Waals surface area (Å²) in [7, 11) is 0. The number of rotatable bonds is 8. The number of phenols is 2. The highest BCUT2D eigenvalue weighted by molar-refractivity contribution is 6.27. The molecule has 146 valence electrons. The average Bonchev–Trinajstić information content (AvgIpc) is 2.68. The number of fused-ring (bicyclic) bond motifs is 1. The van der Waals surface area contributed by atoms with Crippen LogP contribution in [0.15, 0.2) is 48.2 Å². The van der Waals surface area contributed by atoms with Crippen LogP contribution in [0, 0.1) is 0 Å². The number of aromatic hydroxyl groups is 2. The van der Waals surface area contributed by atoms with Crippen molar-refractivity contribution in [2.45, 2.75) is 32.6 Å². The average molecular weight is 381 g/mol. The van der Waals surface area contributed by atoms with E-state index in [0.29, 0.717) is 12.3 Å². The van der Waals surface area contributed by atoms with Crippen LogP contribution in [0.2, 0.25) is 0 Å². The number of ketones is 2. The van der Waals surface area contributed by atoms with E-state index in [0.717, 1.165) is 24.7 Å². The standard InChI is InChI=1S/C22H23NO5/c1-2-3-4-5-12-28-15-8-6-14(7-9-15)23-16-13-19(26)20-17(24)10-11-18(25)21(20)22(16)27/h6-11,13,23-25H,2-5,12H2,1H3. The third-order valence-electron chi connectivity index (χ3n) is 4.55. The van der Waals surface area contributed by atoms with Gasteiger partial charge in [-0.2, -0.15) is 0 Å². The van der Waals surface area contributed by atoms with Crippen LogP contribution in [0.25, 0.3) is 0 Å². The number of benzene rings is 2. The molecule has 0 atom stereocenters. The summed E-state index contributed by atoms with van der Waals surface area (Å²) in [5, 5.41) is 22.7. The molecule has 0 aromatic heterocycles. The predicted molar refractivity (Wildman–Crippen MR) is 106 cm³/mol. The molecular weight excluding hydrogens is 358 g/mol. The minimum atomic E-state index is -0.556. The number of ether oxygens (including phenoxy) is 1. The van der Waals surface area contributed by atoms with Gasteiger partial charge in [-0.25, -0.2) is 0 Å². The number of Topliss-reactive ketones (excluding diaryl/α,β-unsaturated/α-hetero) is 1. The fourth-order valence-corrected chi connectivity index (χ4v) is 3.07. The zero-order chi connectivity index (χ0) is 20.1. The largest absolute Gasteiger partial charge is 0.507 e. The monoisotopic (exact) mass is 381 g/mol. The van der Waals surface area contributed by atoms with Gasteiger partial charge >= 0.3 is 0 Å². The lowest BCUT2D eigenvalue weighted by molar-refractivity contribution is 0.0980. The summed E-state index contributed by atoms with van der Waals surface area (Å²) in [5.41, 5.74) is 0.268. The first-order valence-corrected chi connectivity index (χ1v) is 9.36. The van der Waals surface area contributed by atoms with Crippen LogP contribution in [-0.2, 0) is 0 Å². The fraction of sp³-hybridized carbons (Fsp3) is 0.273. The molecule has 0 amide bonds. The molecule has 1 aliphatic rings. The Labute approximate surface area is 163 Å². The smallest absolute Gasteiger partial charge is 0.213 e. The molecule has 0 spiro atoms. The summed E-state index contributed by atoms with van der Waals surface area (Å²) in [5.74, 6) is -1.04. The van der Waals surface area contributed by atoms with Crippen molar-refractivity contribution in [3.8, 4) is 17.2 Å². The number of unbranched alkanes of at least 4 members (excludes halogenated alkanes) is 3. The van der Waals surface area contributed by atoms with Crippen molar-refractivity contribution in [3.05, 3.63) is 59.3 Å². The maximum atomic E-state index is 12.7. The molecule has 6 heteroatoms. The highest BCUT2D eigenvalue weighted by Gasteiger charge is 2.31. The van der Waals surface area contributed by atoms with Gasteiger partial charge in [0.15, 0.2) is 5.78 Å². The van der Waals surface area contributed by atoms with E-state index in [1.54, 1.807) is 24.3 Å². The minimum absolute atomic E-state index is 0.0339. The second-order valence-corrected chi connectivity index (χ2v) is 6.66. The molecular formula is C22H23NO5. The lowest BCUT2D eigenvalue weighted by Crippen LogP contribution is -2.21. The van der Waals surface area contributed by atoms with E-state index in [1.807, 2.05) is 0 Å². The summed E-state index contributed by atoms with van der Waals surface area (Å²) in [4.78, 5) is 24.9. The van der Waals surface area contributed by atoms with Gasteiger partial charge in [-0.3, -0.25) is 9.59 Å². The summed E-state index contributed by atoms with van der Waals surface area (Å²) in [6.07, 6.45) is 5.66. The molecule has 0 saturated heterocycles. The van der Waals surface area contributed by atoms with Crippen LogP contribution < -0.4 is 10.1 Å². The van der Waals surface area contributed by atoms with Crippen molar-refractivity contribution in [3.63, 3.8) is 0 Å². The Morgan fingerprint density at radius 3 is 2.25 bits per heavy atom. The van der Waals surface area contributed by atoms with Gasteiger partial charge in [0, 0.05) is 11.8 Å². The second-order valence-electron chi connectivity index (χ2n) is 6.66. The Kier molecular flexibility index (Phi) is 5.99. The van der Waals surface area contributed by atoms with Crippen molar-refractivity contribution in [1.29, 1.82) is 0 Å². The quantitative estimate of drug-likeness (QED) is 0.462. The van der Waals surface area contributed by atoms with Crippen LogP contribution in [0.1, 0.15) is 53.3 Å².